The van der Waals surface area contributed by atoms with E-state index < -0.39 is 43.4 Å². The maximum atomic E-state index is 12.7. The molecule has 0 bridgehead atoms. The van der Waals surface area contributed by atoms with Crippen LogP contribution in [0.25, 0.3) is 0 Å². The van der Waals surface area contributed by atoms with E-state index in [2.05, 4.69) is 111 Å². The molecular formula is C47H76O9. The third-order valence-corrected chi connectivity index (χ3v) is 9.00. The molecule has 318 valence electrons. The first-order valence-electron chi connectivity index (χ1n) is 21.3. The van der Waals surface area contributed by atoms with E-state index in [0.717, 1.165) is 103 Å². The molecule has 4 N–H and O–H groups in total. The molecule has 0 saturated carbocycles. The first kappa shape index (κ1) is 51.1. The molecule has 1 fully saturated rings. The fraction of sp³-hybridized carbons (Fsp3) is 0.638. The zero-order valence-corrected chi connectivity index (χ0v) is 34.6. The third kappa shape index (κ3) is 28.5. The third-order valence-electron chi connectivity index (χ3n) is 9.00. The van der Waals surface area contributed by atoms with Crippen molar-refractivity contribution in [3.05, 3.63) is 97.2 Å². The van der Waals surface area contributed by atoms with Crippen molar-refractivity contribution in [2.45, 2.75) is 166 Å². The lowest BCUT2D eigenvalue weighted by molar-refractivity contribution is -0.305. The van der Waals surface area contributed by atoms with Crippen LogP contribution in [0.15, 0.2) is 97.2 Å². The summed E-state index contributed by atoms with van der Waals surface area (Å²) in [5, 5.41) is 40.1. The summed E-state index contributed by atoms with van der Waals surface area (Å²) >= 11 is 0. The summed E-state index contributed by atoms with van der Waals surface area (Å²) in [6.45, 7) is 4.20. The van der Waals surface area contributed by atoms with Crippen molar-refractivity contribution in [1.29, 1.82) is 0 Å². The lowest BCUT2D eigenvalue weighted by Crippen LogP contribution is -2.59. The molecule has 9 nitrogen and oxygen atoms in total. The largest absolute Gasteiger partial charge is 0.457 e. The first-order valence-corrected chi connectivity index (χ1v) is 21.3. The molecule has 1 rings (SSSR count). The van der Waals surface area contributed by atoms with Gasteiger partial charge in [-0.2, -0.15) is 0 Å². The number of carbonyl (C=O) groups excluding carboxylic acids is 1. The summed E-state index contributed by atoms with van der Waals surface area (Å²) in [6.07, 6.45) is 44.3. The van der Waals surface area contributed by atoms with Crippen LogP contribution in [-0.4, -0.2) is 89.6 Å². The maximum absolute atomic E-state index is 12.7. The minimum atomic E-state index is -1.55. The predicted octanol–water partition coefficient (Wildman–Crippen LogP) is 9.24. The molecule has 0 spiro atoms. The Morgan fingerprint density at radius 3 is 1.55 bits per heavy atom. The van der Waals surface area contributed by atoms with Gasteiger partial charge < -0.3 is 39.4 Å². The van der Waals surface area contributed by atoms with Crippen LogP contribution in [0.5, 0.6) is 0 Å². The lowest BCUT2D eigenvalue weighted by Gasteiger charge is -2.39. The molecule has 6 unspecified atom stereocenters. The molecule has 0 radical (unpaired) electrons. The van der Waals surface area contributed by atoms with Crippen LogP contribution < -0.4 is 0 Å². The topological polar surface area (TPSA) is 135 Å². The monoisotopic (exact) mass is 785 g/mol. The van der Waals surface area contributed by atoms with E-state index in [1.807, 2.05) is 0 Å². The second-order valence-electron chi connectivity index (χ2n) is 14.0. The van der Waals surface area contributed by atoms with Crippen LogP contribution in [0.4, 0.5) is 0 Å². The van der Waals surface area contributed by atoms with Crippen LogP contribution >= 0.6 is 0 Å². The number of aliphatic hydroxyl groups is 4. The highest BCUT2D eigenvalue weighted by molar-refractivity contribution is 5.69. The van der Waals surface area contributed by atoms with E-state index >= 15 is 0 Å². The summed E-state index contributed by atoms with van der Waals surface area (Å²) in [7, 11) is 0. The number of carbonyl (C=O) groups is 1. The molecule has 0 aromatic rings. The van der Waals surface area contributed by atoms with Crippen molar-refractivity contribution in [2.75, 3.05) is 26.4 Å². The normalized spacial score (nSPS) is 21.6. The Hall–Kier alpha value is -2.89. The Morgan fingerprint density at radius 1 is 0.571 bits per heavy atom. The summed E-state index contributed by atoms with van der Waals surface area (Å²) in [5.74, 6) is -0.366. The summed E-state index contributed by atoms with van der Waals surface area (Å²) in [6, 6.07) is 0. The molecule has 1 aliphatic rings. The molecule has 0 amide bonds. The zero-order valence-electron chi connectivity index (χ0n) is 34.6. The molecule has 0 aromatic carbocycles. The number of aliphatic hydroxyl groups excluding tert-OH is 4. The molecule has 9 heteroatoms. The minimum Gasteiger partial charge on any atom is -0.457 e. The predicted molar refractivity (Wildman–Crippen MR) is 228 cm³/mol. The highest BCUT2D eigenvalue weighted by Crippen LogP contribution is 2.22. The summed E-state index contributed by atoms with van der Waals surface area (Å²) in [5.41, 5.74) is 0. The van der Waals surface area contributed by atoms with Crippen molar-refractivity contribution in [3.63, 3.8) is 0 Å². The van der Waals surface area contributed by atoms with Gasteiger partial charge in [-0.15, -0.1) is 0 Å². The first-order chi connectivity index (χ1) is 27.4. The molecule has 6 atom stereocenters. The number of rotatable bonds is 34. The zero-order chi connectivity index (χ0) is 40.7. The SMILES string of the molecule is CC/C=C\C/C=C\C/C=C\C/C=C\CCCCCCCOCC(COC1OC(CO)C(O)C(O)C1O)OC(=O)CCCC/C=C\C/C=C\C/C=C\C/C=C\CC. The van der Waals surface area contributed by atoms with Crippen LogP contribution in [-0.2, 0) is 23.7 Å². The smallest absolute Gasteiger partial charge is 0.306 e. The highest BCUT2D eigenvalue weighted by Gasteiger charge is 2.44. The molecule has 56 heavy (non-hydrogen) atoms. The number of unbranched alkanes of at least 4 members (excludes halogenated alkanes) is 7. The second-order valence-corrected chi connectivity index (χ2v) is 14.0. The van der Waals surface area contributed by atoms with E-state index in [-0.39, 0.29) is 25.6 Å². The second kappa shape index (κ2) is 37.7. The fourth-order valence-electron chi connectivity index (χ4n) is 5.71. The Bertz CT molecular complexity index is 1170. The van der Waals surface area contributed by atoms with Crippen LogP contribution in [0.2, 0.25) is 0 Å². The van der Waals surface area contributed by atoms with Crippen molar-refractivity contribution < 1.29 is 44.2 Å². The number of ether oxygens (including phenoxy) is 4. The van der Waals surface area contributed by atoms with Gasteiger partial charge in [-0.1, -0.05) is 130 Å². The average molecular weight is 785 g/mol. The van der Waals surface area contributed by atoms with Gasteiger partial charge >= 0.3 is 5.97 Å². The maximum Gasteiger partial charge on any atom is 0.306 e. The van der Waals surface area contributed by atoms with E-state index in [1.165, 1.54) is 0 Å². The lowest BCUT2D eigenvalue weighted by atomic mass is 9.99. The van der Waals surface area contributed by atoms with Crippen LogP contribution in [0, 0.1) is 0 Å². The van der Waals surface area contributed by atoms with Gasteiger partial charge in [0, 0.05) is 13.0 Å². The van der Waals surface area contributed by atoms with Gasteiger partial charge in [-0.3, -0.25) is 4.79 Å². The molecule has 1 saturated heterocycles. The van der Waals surface area contributed by atoms with Crippen molar-refractivity contribution in [1.82, 2.24) is 0 Å². The van der Waals surface area contributed by atoms with Gasteiger partial charge in [0.05, 0.1) is 19.8 Å². The molecular weight excluding hydrogens is 709 g/mol. The summed E-state index contributed by atoms with van der Waals surface area (Å²) in [4.78, 5) is 12.7. The van der Waals surface area contributed by atoms with E-state index in [4.69, 9.17) is 18.9 Å². The number of esters is 1. The minimum absolute atomic E-state index is 0.108. The average Bonchev–Trinajstić information content (AvgIpc) is 3.20. The Morgan fingerprint density at radius 2 is 1.04 bits per heavy atom. The van der Waals surface area contributed by atoms with Gasteiger partial charge in [0.2, 0.25) is 0 Å². The standard InChI is InChI=1S/C47H76O9/c1-3-5-7-9-11-13-15-17-19-20-21-23-25-27-29-31-33-35-37-53-39-41(40-54-47-46(52)45(51)44(50)42(38-48)56-47)55-43(49)36-34-32-30-28-26-24-22-18-16-14-12-10-8-6-4-2/h5-8,11-14,17-19,21-23,26,28,41-42,44-48,50-52H,3-4,9-10,15-16,20,24-25,27,29-40H2,1-2H3/b7-5-,8-6-,13-11-,14-12-,19-17-,22-18-,23-21-,28-26-. The molecule has 0 aromatic heterocycles. The van der Waals surface area contributed by atoms with Gasteiger partial charge in [-0.05, 0) is 89.9 Å². The van der Waals surface area contributed by atoms with Crippen molar-refractivity contribution in [2.24, 2.45) is 0 Å². The van der Waals surface area contributed by atoms with Gasteiger partial charge in [0.1, 0.15) is 30.5 Å². The van der Waals surface area contributed by atoms with Crippen LogP contribution in [0.1, 0.15) is 129 Å². The molecule has 0 aliphatic carbocycles. The van der Waals surface area contributed by atoms with Gasteiger partial charge in [0.25, 0.3) is 0 Å². The Balaban J connectivity index is 2.35. The van der Waals surface area contributed by atoms with E-state index in [0.29, 0.717) is 13.0 Å². The molecule has 1 heterocycles. The Kier molecular flexibility index (Phi) is 34.4. The van der Waals surface area contributed by atoms with Crippen LogP contribution in [0.3, 0.4) is 0 Å². The van der Waals surface area contributed by atoms with E-state index in [1.54, 1.807) is 0 Å². The Labute approximate surface area is 339 Å². The van der Waals surface area contributed by atoms with E-state index in [9.17, 15) is 25.2 Å². The van der Waals surface area contributed by atoms with Crippen molar-refractivity contribution >= 4 is 5.97 Å². The quantitative estimate of drug-likeness (QED) is 0.0286. The van der Waals surface area contributed by atoms with Gasteiger partial charge in [-0.25, -0.2) is 0 Å². The van der Waals surface area contributed by atoms with Gasteiger partial charge in [0.15, 0.2) is 6.29 Å². The number of allylic oxidation sites excluding steroid dienone is 16. The summed E-state index contributed by atoms with van der Waals surface area (Å²) < 4.78 is 22.7. The molecule has 1 aliphatic heterocycles. The number of hydrogen-bond acceptors (Lipinski definition) is 9. The fourth-order valence-corrected chi connectivity index (χ4v) is 5.71. The highest BCUT2D eigenvalue weighted by atomic mass is 16.7. The number of hydrogen-bond donors (Lipinski definition) is 4. The van der Waals surface area contributed by atoms with Crippen molar-refractivity contribution in [3.8, 4) is 0 Å².